The molecule has 2 heterocycles. The minimum absolute atomic E-state index is 0. The molecule has 1 saturated heterocycles. The highest BCUT2D eigenvalue weighted by Gasteiger charge is 2.20. The lowest BCUT2D eigenvalue weighted by Gasteiger charge is -2.31. The molecular formula is C15H23ClN2O. The van der Waals surface area contributed by atoms with Crippen LogP contribution < -0.4 is 5.32 Å². The highest BCUT2D eigenvalue weighted by Crippen LogP contribution is 2.28. The fraction of sp³-hybridized carbons (Fsp3) is 0.600. The molecule has 0 spiro atoms. The number of ether oxygens (including phenoxy) is 1. The van der Waals surface area contributed by atoms with Gasteiger partial charge in [-0.3, -0.25) is 4.90 Å². The molecule has 3 rings (SSSR count). The Kier molecular flexibility index (Phi) is 5.08. The van der Waals surface area contributed by atoms with Gasteiger partial charge < -0.3 is 10.1 Å². The fourth-order valence-corrected chi connectivity index (χ4v) is 3.09. The molecule has 0 radical (unpaired) electrons. The van der Waals surface area contributed by atoms with Crippen LogP contribution in [0, 0.1) is 0 Å². The van der Waals surface area contributed by atoms with Gasteiger partial charge in [-0.25, -0.2) is 0 Å². The molecule has 4 heteroatoms. The van der Waals surface area contributed by atoms with Crippen molar-refractivity contribution >= 4 is 18.1 Å². The zero-order valence-corrected chi connectivity index (χ0v) is 12.3. The van der Waals surface area contributed by atoms with Crippen molar-refractivity contribution in [2.45, 2.75) is 31.9 Å². The van der Waals surface area contributed by atoms with Gasteiger partial charge in [-0.05, 0) is 30.4 Å². The smallest absolute Gasteiger partial charge is 0.0595 e. The van der Waals surface area contributed by atoms with E-state index in [4.69, 9.17) is 4.74 Å². The van der Waals surface area contributed by atoms with E-state index in [-0.39, 0.29) is 12.4 Å². The SMILES string of the molecule is COC1CCN(Cc2cccc3c2NCC3)CC1.Cl. The summed E-state index contributed by atoms with van der Waals surface area (Å²) in [5.74, 6) is 0. The van der Waals surface area contributed by atoms with Gasteiger partial charge in [0.2, 0.25) is 0 Å². The Hall–Kier alpha value is -0.770. The molecule has 2 aliphatic heterocycles. The number of hydrogen-bond donors (Lipinski definition) is 1. The van der Waals surface area contributed by atoms with Crippen molar-refractivity contribution in [2.75, 3.05) is 32.1 Å². The Morgan fingerprint density at radius 1 is 1.32 bits per heavy atom. The third kappa shape index (κ3) is 3.22. The van der Waals surface area contributed by atoms with Crippen LogP contribution in [-0.4, -0.2) is 37.7 Å². The topological polar surface area (TPSA) is 24.5 Å². The van der Waals surface area contributed by atoms with Gasteiger partial charge in [0, 0.05) is 39.0 Å². The van der Waals surface area contributed by atoms with Crippen molar-refractivity contribution in [1.29, 1.82) is 0 Å². The molecule has 1 aromatic rings. The largest absolute Gasteiger partial charge is 0.384 e. The molecule has 1 fully saturated rings. The van der Waals surface area contributed by atoms with E-state index in [2.05, 4.69) is 28.4 Å². The summed E-state index contributed by atoms with van der Waals surface area (Å²) in [6.07, 6.45) is 3.98. The van der Waals surface area contributed by atoms with Crippen molar-refractivity contribution in [2.24, 2.45) is 0 Å². The standard InChI is InChI=1S/C15H22N2O.ClH/c1-18-14-6-9-17(10-7-14)11-13-4-2-3-12-5-8-16-15(12)13;/h2-4,14,16H,5-11H2,1H3;1H. The van der Waals surface area contributed by atoms with Crippen molar-refractivity contribution in [3.05, 3.63) is 29.3 Å². The number of nitrogens with one attached hydrogen (secondary N) is 1. The molecule has 0 amide bonds. The number of hydrogen-bond acceptors (Lipinski definition) is 3. The molecule has 19 heavy (non-hydrogen) atoms. The first-order valence-electron chi connectivity index (χ1n) is 6.96. The monoisotopic (exact) mass is 282 g/mol. The molecule has 1 N–H and O–H groups in total. The number of halogens is 1. The summed E-state index contributed by atoms with van der Waals surface area (Å²) in [6, 6.07) is 6.71. The Morgan fingerprint density at radius 3 is 2.84 bits per heavy atom. The number of anilines is 1. The number of para-hydroxylation sites is 1. The average molecular weight is 283 g/mol. The number of fused-ring (bicyclic) bond motifs is 1. The number of rotatable bonds is 3. The van der Waals surface area contributed by atoms with E-state index in [9.17, 15) is 0 Å². The van der Waals surface area contributed by atoms with E-state index in [1.807, 2.05) is 7.11 Å². The van der Waals surface area contributed by atoms with Gasteiger partial charge >= 0.3 is 0 Å². The maximum Gasteiger partial charge on any atom is 0.0595 e. The van der Waals surface area contributed by atoms with Crippen LogP contribution in [0.4, 0.5) is 5.69 Å². The molecule has 0 saturated carbocycles. The first-order chi connectivity index (χ1) is 8.86. The number of piperidine rings is 1. The van der Waals surface area contributed by atoms with E-state index in [0.29, 0.717) is 6.10 Å². The summed E-state index contributed by atoms with van der Waals surface area (Å²) in [5, 5.41) is 3.53. The van der Waals surface area contributed by atoms with Crippen molar-refractivity contribution in [1.82, 2.24) is 4.90 Å². The fourth-order valence-electron chi connectivity index (χ4n) is 3.09. The van der Waals surface area contributed by atoms with Crippen molar-refractivity contribution in [3.8, 4) is 0 Å². The summed E-state index contributed by atoms with van der Waals surface area (Å²) in [4.78, 5) is 2.55. The van der Waals surface area contributed by atoms with Crippen LogP contribution in [0.25, 0.3) is 0 Å². The number of benzene rings is 1. The van der Waals surface area contributed by atoms with Crippen LogP contribution in [-0.2, 0) is 17.7 Å². The minimum atomic E-state index is 0. The zero-order chi connectivity index (χ0) is 12.4. The van der Waals surface area contributed by atoms with Gasteiger partial charge in [-0.1, -0.05) is 18.2 Å². The predicted octanol–water partition coefficient (Wildman–Crippen LogP) is 2.69. The maximum atomic E-state index is 5.42. The summed E-state index contributed by atoms with van der Waals surface area (Å²) in [5.41, 5.74) is 4.34. The van der Waals surface area contributed by atoms with Crippen molar-refractivity contribution < 1.29 is 4.74 Å². The average Bonchev–Trinajstić information content (AvgIpc) is 2.89. The Labute approximate surface area is 121 Å². The minimum Gasteiger partial charge on any atom is -0.384 e. The van der Waals surface area contributed by atoms with Gasteiger partial charge in [0.1, 0.15) is 0 Å². The summed E-state index contributed by atoms with van der Waals surface area (Å²) in [7, 11) is 1.83. The molecule has 106 valence electrons. The molecule has 1 aromatic carbocycles. The summed E-state index contributed by atoms with van der Waals surface area (Å²) in [6.45, 7) is 4.48. The van der Waals surface area contributed by atoms with E-state index in [0.717, 1.165) is 26.2 Å². The highest BCUT2D eigenvalue weighted by atomic mass is 35.5. The number of nitrogens with zero attached hydrogens (tertiary/aromatic N) is 1. The van der Waals surface area contributed by atoms with Gasteiger partial charge in [0.15, 0.2) is 0 Å². The van der Waals surface area contributed by atoms with Crippen LogP contribution >= 0.6 is 12.4 Å². The van der Waals surface area contributed by atoms with Crippen molar-refractivity contribution in [3.63, 3.8) is 0 Å². The van der Waals surface area contributed by atoms with Gasteiger partial charge in [0.25, 0.3) is 0 Å². The second-order valence-electron chi connectivity index (χ2n) is 5.34. The summed E-state index contributed by atoms with van der Waals surface area (Å²) < 4.78 is 5.42. The number of likely N-dealkylation sites (tertiary alicyclic amines) is 1. The summed E-state index contributed by atoms with van der Waals surface area (Å²) >= 11 is 0. The van der Waals surface area contributed by atoms with E-state index in [1.54, 1.807) is 0 Å². The van der Waals surface area contributed by atoms with Crippen LogP contribution in [0.2, 0.25) is 0 Å². The molecule has 0 unspecified atom stereocenters. The van der Waals surface area contributed by atoms with Crippen LogP contribution in [0.5, 0.6) is 0 Å². The lowest BCUT2D eigenvalue weighted by molar-refractivity contribution is 0.0389. The lowest BCUT2D eigenvalue weighted by Crippen LogP contribution is -2.36. The van der Waals surface area contributed by atoms with E-state index >= 15 is 0 Å². The third-order valence-electron chi connectivity index (χ3n) is 4.20. The Bertz CT molecular complexity index is 417. The van der Waals surface area contributed by atoms with Gasteiger partial charge in [-0.15, -0.1) is 12.4 Å². The Balaban J connectivity index is 0.00000133. The lowest BCUT2D eigenvalue weighted by atomic mass is 10.0. The first kappa shape index (κ1) is 14.6. The molecule has 0 atom stereocenters. The second kappa shape index (κ2) is 6.60. The highest BCUT2D eigenvalue weighted by molar-refractivity contribution is 5.85. The quantitative estimate of drug-likeness (QED) is 0.923. The molecular weight excluding hydrogens is 260 g/mol. The molecule has 0 aromatic heterocycles. The first-order valence-corrected chi connectivity index (χ1v) is 6.96. The second-order valence-corrected chi connectivity index (χ2v) is 5.34. The third-order valence-corrected chi connectivity index (χ3v) is 4.20. The van der Waals surface area contributed by atoms with Gasteiger partial charge in [0.05, 0.1) is 6.10 Å². The van der Waals surface area contributed by atoms with E-state index < -0.39 is 0 Å². The molecule has 2 aliphatic rings. The maximum absolute atomic E-state index is 5.42. The van der Waals surface area contributed by atoms with Crippen LogP contribution in [0.3, 0.4) is 0 Å². The van der Waals surface area contributed by atoms with Crippen LogP contribution in [0.15, 0.2) is 18.2 Å². The molecule has 0 aliphatic carbocycles. The van der Waals surface area contributed by atoms with E-state index in [1.165, 1.54) is 36.1 Å². The Morgan fingerprint density at radius 2 is 2.11 bits per heavy atom. The van der Waals surface area contributed by atoms with Crippen LogP contribution in [0.1, 0.15) is 24.0 Å². The normalized spacial score (nSPS) is 19.6. The predicted molar refractivity (Wildman–Crippen MR) is 81.2 cm³/mol. The number of methoxy groups -OCH3 is 1. The molecule has 0 bridgehead atoms. The zero-order valence-electron chi connectivity index (χ0n) is 11.5. The van der Waals surface area contributed by atoms with Gasteiger partial charge in [-0.2, -0.15) is 0 Å². The molecule has 3 nitrogen and oxygen atoms in total.